The van der Waals surface area contributed by atoms with Gasteiger partial charge in [-0.25, -0.2) is 0 Å². The zero-order chi connectivity index (χ0) is 37.1. The minimum atomic E-state index is -1.57. The van der Waals surface area contributed by atoms with Crippen LogP contribution in [-0.4, -0.2) is 88.4 Å². The van der Waals surface area contributed by atoms with Crippen LogP contribution in [0.2, 0.25) is 0 Å². The first-order valence-corrected chi connectivity index (χ1v) is 17.6. The molecule has 50 heavy (non-hydrogen) atoms. The predicted molar refractivity (Wildman–Crippen MR) is 207 cm³/mol. The summed E-state index contributed by atoms with van der Waals surface area (Å²) in [5.41, 5.74) is 5.63. The number of hydrogen-bond acceptors (Lipinski definition) is 9. The van der Waals surface area contributed by atoms with Crippen molar-refractivity contribution in [2.24, 2.45) is 0 Å². The first-order chi connectivity index (χ1) is 23.9. The number of rotatable bonds is 20. The van der Waals surface area contributed by atoms with E-state index in [1.807, 2.05) is 24.3 Å². The molecule has 6 N–H and O–H groups in total. The second-order valence-corrected chi connectivity index (χ2v) is 12.2. The Morgan fingerprint density at radius 3 is 1.28 bits per heavy atom. The second kappa shape index (κ2) is 22.9. The third-order valence-electron chi connectivity index (χ3n) is 7.94. The van der Waals surface area contributed by atoms with Crippen LogP contribution in [0.3, 0.4) is 0 Å². The molecule has 13 heteroatoms. The average molecular weight is 703 g/mol. The molecule has 0 heterocycles. The third kappa shape index (κ3) is 15.1. The van der Waals surface area contributed by atoms with E-state index in [0.29, 0.717) is 87.3 Å². The molecule has 0 bridgehead atoms. The monoisotopic (exact) mass is 702 g/mol. The summed E-state index contributed by atoms with van der Waals surface area (Å²) in [5.74, 6) is -0.347. The summed E-state index contributed by atoms with van der Waals surface area (Å²) in [6.07, 6.45) is 3.10. The van der Waals surface area contributed by atoms with E-state index >= 15 is 0 Å². The van der Waals surface area contributed by atoms with E-state index in [9.17, 15) is 29.7 Å². The maximum absolute atomic E-state index is 11.9. The summed E-state index contributed by atoms with van der Waals surface area (Å²) in [7, 11) is -3.15. The van der Waals surface area contributed by atoms with Gasteiger partial charge in [0.15, 0.2) is 0 Å². The van der Waals surface area contributed by atoms with Crippen molar-refractivity contribution in [1.82, 2.24) is 20.4 Å². The lowest BCUT2D eigenvalue weighted by Gasteiger charge is -2.25. The SMILES string of the molecule is C=C(C)C(=O)NCCCN(Cc1ccc(CN(CCCNC(=O)C(=C)C)Cc2ccccc2B(O)O)cc1)Cc1ccccc1B(O)O.CS. The Bertz CT molecular complexity index is 1410. The fraction of sp³-hybridized carbons (Fsp3) is 0.351. The molecule has 0 aliphatic heterocycles. The van der Waals surface area contributed by atoms with E-state index in [4.69, 9.17) is 0 Å². The zero-order valence-corrected chi connectivity index (χ0v) is 30.4. The molecule has 10 nitrogen and oxygen atoms in total. The van der Waals surface area contributed by atoms with Gasteiger partial charge in [0.25, 0.3) is 0 Å². The van der Waals surface area contributed by atoms with Gasteiger partial charge in [0.2, 0.25) is 11.8 Å². The number of carbonyl (C=O) groups excluding carboxylic acids is 2. The number of benzene rings is 3. The Labute approximate surface area is 303 Å². The molecule has 3 rings (SSSR count). The van der Waals surface area contributed by atoms with Gasteiger partial charge in [-0.1, -0.05) is 86.0 Å². The Morgan fingerprint density at radius 1 is 0.620 bits per heavy atom. The van der Waals surface area contributed by atoms with Crippen LogP contribution in [0.5, 0.6) is 0 Å². The van der Waals surface area contributed by atoms with Crippen LogP contribution in [-0.2, 0) is 35.8 Å². The van der Waals surface area contributed by atoms with Crippen molar-refractivity contribution in [1.29, 1.82) is 0 Å². The summed E-state index contributed by atoms with van der Waals surface area (Å²) in [5, 5.41) is 45.4. The smallest absolute Gasteiger partial charge is 0.423 e. The number of carbonyl (C=O) groups is 2. The van der Waals surface area contributed by atoms with E-state index in [1.54, 1.807) is 44.4 Å². The molecule has 0 radical (unpaired) electrons. The van der Waals surface area contributed by atoms with Crippen LogP contribution < -0.4 is 21.6 Å². The standard InChI is InChI=1S/C36H48B2N4O6.CH4S/c1-27(2)35(43)39-19-9-21-41(25-31-11-5-7-13-33(31)37(45)46)23-29-15-17-30(18-16-29)24-42(22-10-20-40-36(44)28(3)4)26-32-12-6-8-14-34(32)38(47)48;1-2/h5-8,11-18,45-48H,1,3,9-10,19-26H2,2,4H3,(H,39,43)(H,40,44);2H,1H3. The molecule has 0 aliphatic carbocycles. The van der Waals surface area contributed by atoms with Gasteiger partial charge in [-0.05, 0) is 66.1 Å². The highest BCUT2D eigenvalue weighted by atomic mass is 32.1. The number of hydrogen-bond donors (Lipinski definition) is 7. The molecule has 268 valence electrons. The molecule has 3 aromatic rings. The molecular formula is C37H52B2N4O6S. The van der Waals surface area contributed by atoms with Crippen LogP contribution in [0.1, 0.15) is 48.9 Å². The quantitative estimate of drug-likeness (QED) is 0.0409. The van der Waals surface area contributed by atoms with Gasteiger partial charge in [-0.3, -0.25) is 19.4 Å². The van der Waals surface area contributed by atoms with Crippen molar-refractivity contribution in [3.05, 3.63) is 119 Å². The van der Waals surface area contributed by atoms with E-state index in [-0.39, 0.29) is 11.8 Å². The summed E-state index contributed by atoms with van der Waals surface area (Å²) < 4.78 is 0. The van der Waals surface area contributed by atoms with Gasteiger partial charge in [-0.15, -0.1) is 0 Å². The van der Waals surface area contributed by atoms with Crippen LogP contribution >= 0.6 is 12.6 Å². The van der Waals surface area contributed by atoms with Crippen LogP contribution in [0.4, 0.5) is 0 Å². The zero-order valence-electron chi connectivity index (χ0n) is 29.5. The molecule has 0 saturated carbocycles. The lowest BCUT2D eigenvalue weighted by molar-refractivity contribution is -0.118. The highest BCUT2D eigenvalue weighted by molar-refractivity contribution is 7.79. The van der Waals surface area contributed by atoms with Crippen molar-refractivity contribution < 1.29 is 29.7 Å². The van der Waals surface area contributed by atoms with Gasteiger partial charge >= 0.3 is 14.2 Å². The first kappa shape index (κ1) is 42.5. The van der Waals surface area contributed by atoms with E-state index < -0.39 is 14.2 Å². The van der Waals surface area contributed by atoms with Gasteiger partial charge in [0.05, 0.1) is 0 Å². The van der Waals surface area contributed by atoms with Crippen molar-refractivity contribution in [3.63, 3.8) is 0 Å². The largest absolute Gasteiger partial charge is 0.488 e. The molecule has 2 amide bonds. The number of amides is 2. The minimum Gasteiger partial charge on any atom is -0.423 e. The maximum atomic E-state index is 11.9. The van der Waals surface area contributed by atoms with Gasteiger partial charge < -0.3 is 30.7 Å². The van der Waals surface area contributed by atoms with Gasteiger partial charge in [0.1, 0.15) is 0 Å². The minimum absolute atomic E-state index is 0.174. The molecule has 0 aromatic heterocycles. The number of thiol groups is 1. The second-order valence-electron chi connectivity index (χ2n) is 12.2. The van der Waals surface area contributed by atoms with Crippen LogP contribution in [0, 0.1) is 0 Å². The average Bonchev–Trinajstić information content (AvgIpc) is 3.10. The third-order valence-corrected chi connectivity index (χ3v) is 7.94. The molecule has 3 aromatic carbocycles. The number of nitrogens with one attached hydrogen (secondary N) is 2. The lowest BCUT2D eigenvalue weighted by Crippen LogP contribution is -2.36. The topological polar surface area (TPSA) is 146 Å². The van der Waals surface area contributed by atoms with E-state index in [0.717, 1.165) is 22.3 Å². The molecule has 0 aliphatic rings. The Morgan fingerprint density at radius 2 is 0.960 bits per heavy atom. The fourth-order valence-electron chi connectivity index (χ4n) is 5.35. The number of nitrogens with zero attached hydrogens (tertiary/aromatic N) is 2. The molecule has 0 atom stereocenters. The van der Waals surface area contributed by atoms with Crippen LogP contribution in [0.15, 0.2) is 97.1 Å². The van der Waals surface area contributed by atoms with E-state index in [2.05, 4.69) is 70.5 Å². The van der Waals surface area contributed by atoms with Crippen molar-refractivity contribution in [3.8, 4) is 0 Å². The van der Waals surface area contributed by atoms with Crippen molar-refractivity contribution >= 4 is 49.6 Å². The van der Waals surface area contributed by atoms with Crippen LogP contribution in [0.25, 0.3) is 0 Å². The first-order valence-electron chi connectivity index (χ1n) is 16.7. The highest BCUT2D eigenvalue weighted by Gasteiger charge is 2.19. The molecular weight excluding hydrogens is 650 g/mol. The normalized spacial score (nSPS) is 10.7. The molecule has 0 fully saturated rings. The van der Waals surface area contributed by atoms with Gasteiger partial charge in [0, 0.05) is 63.5 Å². The van der Waals surface area contributed by atoms with E-state index in [1.165, 1.54) is 0 Å². The Kier molecular flexibility index (Phi) is 19.5. The molecule has 0 spiro atoms. The summed E-state index contributed by atoms with van der Waals surface area (Å²) in [4.78, 5) is 28.3. The fourth-order valence-corrected chi connectivity index (χ4v) is 5.35. The Balaban J connectivity index is 0.00000425. The summed E-state index contributed by atoms with van der Waals surface area (Å²) in [6, 6.07) is 22.8. The lowest BCUT2D eigenvalue weighted by atomic mass is 9.77. The van der Waals surface area contributed by atoms with Crippen molar-refractivity contribution in [2.45, 2.75) is 52.9 Å². The predicted octanol–water partition coefficient (Wildman–Crippen LogP) is 1.76. The van der Waals surface area contributed by atoms with Gasteiger partial charge in [-0.2, -0.15) is 12.6 Å². The molecule has 0 unspecified atom stereocenters. The highest BCUT2D eigenvalue weighted by Crippen LogP contribution is 2.15. The summed E-state index contributed by atoms with van der Waals surface area (Å²) in [6.45, 7) is 15.2. The maximum Gasteiger partial charge on any atom is 0.488 e. The Hall–Kier alpha value is -3.68. The van der Waals surface area contributed by atoms with Crippen molar-refractivity contribution in [2.75, 3.05) is 32.4 Å². The molecule has 0 saturated heterocycles. The summed E-state index contributed by atoms with van der Waals surface area (Å²) >= 11 is 3.53.